The minimum absolute atomic E-state index is 0.153. The molecule has 0 saturated heterocycles. The van der Waals surface area contributed by atoms with Crippen molar-refractivity contribution in [3.05, 3.63) is 65.4 Å². The number of hydrogen-bond acceptors (Lipinski definition) is 4. The molecule has 1 aliphatic rings. The molecule has 6 heteroatoms. The summed E-state index contributed by atoms with van der Waals surface area (Å²) in [6, 6.07) is 14.3. The topological polar surface area (TPSA) is 36.4 Å². The summed E-state index contributed by atoms with van der Waals surface area (Å²) in [5, 5.41) is 2.22. The maximum Gasteiger partial charge on any atom is 0.277 e. The maximum absolute atomic E-state index is 13.9. The van der Waals surface area contributed by atoms with E-state index in [0.717, 1.165) is 17.9 Å². The number of benzene rings is 2. The molecule has 0 aliphatic carbocycles. The zero-order valence-electron chi connectivity index (χ0n) is 13.6. The summed E-state index contributed by atoms with van der Waals surface area (Å²) in [6.07, 6.45) is 0. The molecule has 0 unspecified atom stereocenters. The molecule has 1 amide bonds. The van der Waals surface area contributed by atoms with Crippen LogP contribution in [0.1, 0.15) is 10.5 Å². The largest absolute Gasteiger partial charge is 0.371 e. The van der Waals surface area contributed by atoms with Crippen LogP contribution in [0.4, 0.5) is 15.8 Å². The molecule has 126 valence electrons. The van der Waals surface area contributed by atoms with E-state index < -0.39 is 0 Å². The summed E-state index contributed by atoms with van der Waals surface area (Å²) in [6.45, 7) is 1.35. The molecule has 2 aromatic carbocycles. The fourth-order valence-electron chi connectivity index (χ4n) is 2.99. The number of fused-ring (bicyclic) bond motifs is 1. The van der Waals surface area contributed by atoms with Crippen molar-refractivity contribution in [3.63, 3.8) is 0 Å². The van der Waals surface area contributed by atoms with Gasteiger partial charge in [-0.25, -0.2) is 9.37 Å². The average molecular weight is 353 g/mol. The number of hydrogen-bond donors (Lipinski definition) is 0. The van der Waals surface area contributed by atoms with Gasteiger partial charge in [0.2, 0.25) is 0 Å². The first-order chi connectivity index (χ1) is 12.1. The molecule has 1 aliphatic heterocycles. The van der Waals surface area contributed by atoms with Crippen LogP contribution in [0.5, 0.6) is 0 Å². The number of aromatic nitrogens is 1. The Morgan fingerprint density at radius 3 is 2.60 bits per heavy atom. The summed E-state index contributed by atoms with van der Waals surface area (Å²) < 4.78 is 13.9. The second-order valence-electron chi connectivity index (χ2n) is 5.88. The number of anilines is 2. The van der Waals surface area contributed by atoms with Gasteiger partial charge in [0.15, 0.2) is 0 Å². The lowest BCUT2D eigenvalue weighted by atomic mass is 10.1. The quantitative estimate of drug-likeness (QED) is 0.697. The standard InChI is InChI=1S/C19H16FN3OS/c1-22-10-11-23(17-9-5-4-8-16(17)22)19(24)15-12-25-18(21-15)13-6-2-3-7-14(13)20/h2-9,12H,10-11H2,1H3. The van der Waals surface area contributed by atoms with Crippen molar-refractivity contribution in [2.45, 2.75) is 0 Å². The molecule has 4 nitrogen and oxygen atoms in total. The Balaban J connectivity index is 1.67. The predicted molar refractivity (Wildman–Crippen MR) is 98.9 cm³/mol. The van der Waals surface area contributed by atoms with Gasteiger partial charge in [-0.3, -0.25) is 4.79 Å². The Labute approximate surface area is 149 Å². The Morgan fingerprint density at radius 1 is 1.08 bits per heavy atom. The normalized spacial score (nSPS) is 13.7. The third kappa shape index (κ3) is 2.78. The lowest BCUT2D eigenvalue weighted by molar-refractivity contribution is 0.0982. The van der Waals surface area contributed by atoms with E-state index >= 15 is 0 Å². The van der Waals surface area contributed by atoms with Crippen molar-refractivity contribution in [1.82, 2.24) is 4.98 Å². The minimum Gasteiger partial charge on any atom is -0.371 e. The molecule has 25 heavy (non-hydrogen) atoms. The van der Waals surface area contributed by atoms with Crippen molar-refractivity contribution in [2.75, 3.05) is 29.9 Å². The Morgan fingerprint density at radius 2 is 1.80 bits per heavy atom. The lowest BCUT2D eigenvalue weighted by Gasteiger charge is -2.35. The molecular weight excluding hydrogens is 337 g/mol. The average Bonchev–Trinajstić information content (AvgIpc) is 3.12. The fourth-order valence-corrected chi connectivity index (χ4v) is 3.81. The van der Waals surface area contributed by atoms with E-state index in [2.05, 4.69) is 9.88 Å². The number of nitrogens with zero attached hydrogens (tertiary/aromatic N) is 3. The van der Waals surface area contributed by atoms with Crippen LogP contribution in [-0.2, 0) is 0 Å². The highest BCUT2D eigenvalue weighted by atomic mass is 32.1. The summed E-state index contributed by atoms with van der Waals surface area (Å²) in [4.78, 5) is 21.2. The van der Waals surface area contributed by atoms with Gasteiger partial charge in [0.1, 0.15) is 16.5 Å². The Bertz CT molecular complexity index is 940. The van der Waals surface area contributed by atoms with Crippen LogP contribution in [0.3, 0.4) is 0 Å². The van der Waals surface area contributed by atoms with Gasteiger partial charge < -0.3 is 9.80 Å². The second-order valence-corrected chi connectivity index (χ2v) is 6.74. The van der Waals surface area contributed by atoms with Gasteiger partial charge in [0.05, 0.1) is 11.4 Å². The smallest absolute Gasteiger partial charge is 0.277 e. The third-order valence-electron chi connectivity index (χ3n) is 4.32. The van der Waals surface area contributed by atoms with Crippen LogP contribution in [0, 0.1) is 5.82 Å². The van der Waals surface area contributed by atoms with E-state index in [1.165, 1.54) is 17.4 Å². The summed E-state index contributed by atoms with van der Waals surface area (Å²) in [5.74, 6) is -0.486. The molecule has 0 fully saturated rings. The van der Waals surface area contributed by atoms with Crippen LogP contribution in [0.15, 0.2) is 53.9 Å². The monoisotopic (exact) mass is 353 g/mol. The molecule has 2 heterocycles. The van der Waals surface area contributed by atoms with E-state index in [-0.39, 0.29) is 11.7 Å². The van der Waals surface area contributed by atoms with Crippen molar-refractivity contribution in [3.8, 4) is 10.6 Å². The summed E-state index contributed by atoms with van der Waals surface area (Å²) in [5.41, 5.74) is 2.67. The molecule has 3 aromatic rings. The van der Waals surface area contributed by atoms with E-state index in [9.17, 15) is 9.18 Å². The number of likely N-dealkylation sites (N-methyl/N-ethyl adjacent to an activating group) is 1. The number of rotatable bonds is 2. The number of carbonyl (C=O) groups is 1. The lowest BCUT2D eigenvalue weighted by Crippen LogP contribution is -2.42. The zero-order valence-corrected chi connectivity index (χ0v) is 14.5. The van der Waals surface area contributed by atoms with Gasteiger partial charge in [0.25, 0.3) is 5.91 Å². The molecule has 0 atom stereocenters. The highest BCUT2D eigenvalue weighted by Gasteiger charge is 2.27. The molecular formula is C19H16FN3OS. The van der Waals surface area contributed by atoms with E-state index in [0.29, 0.717) is 22.8 Å². The van der Waals surface area contributed by atoms with Gasteiger partial charge in [-0.15, -0.1) is 11.3 Å². The van der Waals surface area contributed by atoms with Gasteiger partial charge in [-0.1, -0.05) is 24.3 Å². The first kappa shape index (κ1) is 15.8. The number of thiazole rings is 1. The third-order valence-corrected chi connectivity index (χ3v) is 5.19. The van der Waals surface area contributed by atoms with Crippen LogP contribution < -0.4 is 9.80 Å². The van der Waals surface area contributed by atoms with E-state index in [4.69, 9.17) is 0 Å². The Hall–Kier alpha value is -2.73. The van der Waals surface area contributed by atoms with Crippen LogP contribution in [0.25, 0.3) is 10.6 Å². The first-order valence-corrected chi connectivity index (χ1v) is 8.85. The molecule has 0 N–H and O–H groups in total. The Kier molecular flexibility index (Phi) is 3.97. The highest BCUT2D eigenvalue weighted by Crippen LogP contribution is 2.33. The molecule has 0 saturated carbocycles. The van der Waals surface area contributed by atoms with Gasteiger partial charge >= 0.3 is 0 Å². The van der Waals surface area contributed by atoms with Gasteiger partial charge in [-0.05, 0) is 24.3 Å². The minimum atomic E-state index is -0.333. The van der Waals surface area contributed by atoms with Crippen molar-refractivity contribution >= 4 is 28.6 Å². The number of halogens is 1. The molecule has 0 radical (unpaired) electrons. The first-order valence-electron chi connectivity index (χ1n) is 7.97. The fraction of sp³-hybridized carbons (Fsp3) is 0.158. The van der Waals surface area contributed by atoms with E-state index in [1.807, 2.05) is 31.3 Å². The van der Waals surface area contributed by atoms with Crippen molar-refractivity contribution in [1.29, 1.82) is 0 Å². The SMILES string of the molecule is CN1CCN(C(=O)c2csc(-c3ccccc3F)n2)c2ccccc21. The van der Waals surface area contributed by atoms with Gasteiger partial charge in [0, 0.05) is 31.1 Å². The highest BCUT2D eigenvalue weighted by molar-refractivity contribution is 7.13. The van der Waals surface area contributed by atoms with E-state index in [1.54, 1.807) is 28.5 Å². The number of amides is 1. The second kappa shape index (κ2) is 6.29. The summed E-state index contributed by atoms with van der Waals surface area (Å²) >= 11 is 1.28. The van der Waals surface area contributed by atoms with Crippen LogP contribution >= 0.6 is 11.3 Å². The zero-order chi connectivity index (χ0) is 17.4. The van der Waals surface area contributed by atoms with Crippen molar-refractivity contribution < 1.29 is 9.18 Å². The van der Waals surface area contributed by atoms with Crippen molar-refractivity contribution in [2.24, 2.45) is 0 Å². The number of carbonyl (C=O) groups excluding carboxylic acids is 1. The predicted octanol–water partition coefficient (Wildman–Crippen LogP) is 4.05. The molecule has 0 bridgehead atoms. The van der Waals surface area contributed by atoms with Crippen LogP contribution in [-0.4, -0.2) is 31.0 Å². The molecule has 4 rings (SSSR count). The van der Waals surface area contributed by atoms with Gasteiger partial charge in [-0.2, -0.15) is 0 Å². The summed E-state index contributed by atoms with van der Waals surface area (Å²) in [7, 11) is 2.01. The molecule has 1 aromatic heterocycles. The number of para-hydroxylation sites is 2. The molecule has 0 spiro atoms. The van der Waals surface area contributed by atoms with Crippen LogP contribution in [0.2, 0.25) is 0 Å². The maximum atomic E-state index is 13.9.